The van der Waals surface area contributed by atoms with Crippen molar-refractivity contribution >= 4 is 54.5 Å². The van der Waals surface area contributed by atoms with E-state index in [2.05, 4.69) is 221 Å². The van der Waals surface area contributed by atoms with Crippen LogP contribution in [0.5, 0.6) is 0 Å². The Kier molecular flexibility index (Phi) is 9.80. The largest absolute Gasteiger partial charge is 0.455 e. The number of fused-ring (bicyclic) bond motifs is 7. The van der Waals surface area contributed by atoms with Crippen molar-refractivity contribution < 1.29 is 4.42 Å². The lowest BCUT2D eigenvalue weighted by Gasteiger charge is -2.25. The standard InChI is InChI=1S/C61H60N2O/c1-35(2)47-32-43(39-21-24-41(25-22-39)55-37(5)29-44(30-38(55)6)60(7,8)9)33-48(36(3)4)57(47)63-53-20-16-15-19-52(53)62-59(63)46-27-28-51(61(10,11)12)56-50-31-42-26-23-40-17-13-14-18-45(40)49(42)34-54(50)64-58(46)56/h13-36H,1-12H3. The number of aryl methyl sites for hydroxylation is 2. The molecule has 0 saturated heterocycles. The van der Waals surface area contributed by atoms with Gasteiger partial charge in [0.1, 0.15) is 17.0 Å². The summed E-state index contributed by atoms with van der Waals surface area (Å²) in [7, 11) is 0. The van der Waals surface area contributed by atoms with Gasteiger partial charge in [-0.3, -0.25) is 4.57 Å². The average Bonchev–Trinajstić information content (AvgIpc) is 3.82. The maximum Gasteiger partial charge on any atom is 0.149 e. The second-order valence-corrected chi connectivity index (χ2v) is 21.0. The van der Waals surface area contributed by atoms with Crippen molar-refractivity contribution in [3.05, 3.63) is 167 Å². The monoisotopic (exact) mass is 836 g/mol. The van der Waals surface area contributed by atoms with E-state index in [0.29, 0.717) is 0 Å². The highest BCUT2D eigenvalue weighted by atomic mass is 16.3. The first-order chi connectivity index (χ1) is 30.5. The van der Waals surface area contributed by atoms with E-state index in [-0.39, 0.29) is 22.7 Å². The Morgan fingerprint density at radius 2 is 1.17 bits per heavy atom. The normalized spacial score (nSPS) is 12.7. The van der Waals surface area contributed by atoms with Crippen LogP contribution in [0.15, 0.2) is 138 Å². The third kappa shape index (κ3) is 6.83. The molecule has 0 spiro atoms. The van der Waals surface area contributed by atoms with E-state index in [1.165, 1.54) is 82.9 Å². The molecule has 10 rings (SSSR count). The topological polar surface area (TPSA) is 31.0 Å². The lowest BCUT2D eigenvalue weighted by Crippen LogP contribution is -2.12. The smallest absolute Gasteiger partial charge is 0.149 e. The minimum absolute atomic E-state index is 0.109. The summed E-state index contributed by atoms with van der Waals surface area (Å²) in [4.78, 5) is 5.52. The molecule has 0 unspecified atom stereocenters. The number of furan rings is 1. The molecule has 0 aliphatic rings. The summed E-state index contributed by atoms with van der Waals surface area (Å²) >= 11 is 0. The molecule has 0 amide bonds. The van der Waals surface area contributed by atoms with Crippen LogP contribution in [-0.2, 0) is 10.8 Å². The molecule has 3 heteroatoms. The van der Waals surface area contributed by atoms with Crippen LogP contribution in [0.3, 0.4) is 0 Å². The second-order valence-electron chi connectivity index (χ2n) is 21.0. The van der Waals surface area contributed by atoms with Crippen molar-refractivity contribution in [1.82, 2.24) is 9.55 Å². The summed E-state index contributed by atoms with van der Waals surface area (Å²) in [6.45, 7) is 27.6. The van der Waals surface area contributed by atoms with E-state index < -0.39 is 0 Å². The molecule has 0 aliphatic carbocycles. The first-order valence-electron chi connectivity index (χ1n) is 23.2. The molecule has 64 heavy (non-hydrogen) atoms. The van der Waals surface area contributed by atoms with Crippen molar-refractivity contribution in [2.75, 3.05) is 0 Å². The van der Waals surface area contributed by atoms with E-state index in [4.69, 9.17) is 9.40 Å². The molecule has 0 atom stereocenters. The van der Waals surface area contributed by atoms with Crippen LogP contribution in [0.1, 0.15) is 114 Å². The maximum absolute atomic E-state index is 7.17. The van der Waals surface area contributed by atoms with Crippen LogP contribution in [0.2, 0.25) is 0 Å². The Morgan fingerprint density at radius 1 is 0.547 bits per heavy atom. The molecular weight excluding hydrogens is 777 g/mol. The maximum atomic E-state index is 7.17. The lowest BCUT2D eigenvalue weighted by molar-refractivity contribution is 0.589. The molecule has 320 valence electrons. The second kappa shape index (κ2) is 15.1. The highest BCUT2D eigenvalue weighted by Crippen LogP contribution is 2.46. The minimum Gasteiger partial charge on any atom is -0.455 e. The fraction of sp³-hybridized carbons (Fsp3) is 0.262. The van der Waals surface area contributed by atoms with Gasteiger partial charge in [0.15, 0.2) is 0 Å². The van der Waals surface area contributed by atoms with Gasteiger partial charge >= 0.3 is 0 Å². The molecule has 0 aliphatic heterocycles. The summed E-state index contributed by atoms with van der Waals surface area (Å²) < 4.78 is 9.62. The number of rotatable bonds is 6. The zero-order valence-electron chi connectivity index (χ0n) is 39.7. The Bertz CT molecular complexity index is 3410. The van der Waals surface area contributed by atoms with Gasteiger partial charge in [-0.25, -0.2) is 4.98 Å². The van der Waals surface area contributed by atoms with E-state index in [0.717, 1.165) is 44.4 Å². The van der Waals surface area contributed by atoms with E-state index in [1.54, 1.807) is 0 Å². The van der Waals surface area contributed by atoms with E-state index >= 15 is 0 Å². The quantitative estimate of drug-likeness (QED) is 0.156. The van der Waals surface area contributed by atoms with E-state index in [9.17, 15) is 0 Å². The Morgan fingerprint density at radius 3 is 1.83 bits per heavy atom. The first kappa shape index (κ1) is 41.6. The summed E-state index contributed by atoms with van der Waals surface area (Å²) in [5.74, 6) is 1.37. The molecule has 2 heterocycles. The zero-order valence-corrected chi connectivity index (χ0v) is 39.7. The average molecular weight is 837 g/mol. The van der Waals surface area contributed by atoms with Gasteiger partial charge in [-0.1, -0.05) is 160 Å². The fourth-order valence-electron chi connectivity index (χ4n) is 10.3. The molecule has 8 aromatic carbocycles. The summed E-state index contributed by atoms with van der Waals surface area (Å²) in [6, 6.07) is 49.8. The van der Waals surface area contributed by atoms with Gasteiger partial charge in [-0.2, -0.15) is 0 Å². The number of hydrogen-bond acceptors (Lipinski definition) is 2. The van der Waals surface area contributed by atoms with Gasteiger partial charge < -0.3 is 4.42 Å². The number of benzene rings is 8. The van der Waals surface area contributed by atoms with Gasteiger partial charge in [0.05, 0.1) is 22.3 Å². The van der Waals surface area contributed by atoms with Crippen LogP contribution >= 0.6 is 0 Å². The van der Waals surface area contributed by atoms with Crippen LogP contribution in [0, 0.1) is 13.8 Å². The number of aromatic nitrogens is 2. The molecule has 10 aromatic rings. The molecule has 0 N–H and O–H groups in total. The van der Waals surface area contributed by atoms with Crippen LogP contribution in [-0.4, -0.2) is 9.55 Å². The predicted octanol–water partition coefficient (Wildman–Crippen LogP) is 17.7. The van der Waals surface area contributed by atoms with Crippen LogP contribution in [0.25, 0.3) is 93.8 Å². The Labute approximate surface area is 378 Å². The highest BCUT2D eigenvalue weighted by Gasteiger charge is 2.29. The Hall–Kier alpha value is -6.45. The number of para-hydroxylation sites is 2. The molecule has 0 radical (unpaired) electrons. The van der Waals surface area contributed by atoms with Crippen molar-refractivity contribution in [2.24, 2.45) is 0 Å². The molecule has 2 aromatic heterocycles. The van der Waals surface area contributed by atoms with Gasteiger partial charge in [-0.05, 0) is 156 Å². The Balaban J connectivity index is 1.19. The van der Waals surface area contributed by atoms with Crippen molar-refractivity contribution in [1.29, 1.82) is 0 Å². The van der Waals surface area contributed by atoms with Gasteiger partial charge in [-0.15, -0.1) is 0 Å². The number of imidazole rings is 1. The van der Waals surface area contributed by atoms with Gasteiger partial charge in [0, 0.05) is 10.8 Å². The number of hydrogen-bond donors (Lipinski definition) is 0. The molecule has 0 fully saturated rings. The van der Waals surface area contributed by atoms with E-state index in [1.807, 2.05) is 0 Å². The van der Waals surface area contributed by atoms with Crippen molar-refractivity contribution in [3.8, 4) is 39.3 Å². The molecule has 3 nitrogen and oxygen atoms in total. The lowest BCUT2D eigenvalue weighted by atomic mass is 9.82. The third-order valence-corrected chi connectivity index (χ3v) is 13.6. The molecule has 0 saturated carbocycles. The fourth-order valence-corrected chi connectivity index (χ4v) is 10.3. The van der Waals surface area contributed by atoms with Crippen molar-refractivity contribution in [3.63, 3.8) is 0 Å². The van der Waals surface area contributed by atoms with Crippen molar-refractivity contribution in [2.45, 2.75) is 106 Å². The van der Waals surface area contributed by atoms with Gasteiger partial charge in [0.25, 0.3) is 0 Å². The highest BCUT2D eigenvalue weighted by molar-refractivity contribution is 6.18. The zero-order chi connectivity index (χ0) is 45.0. The predicted molar refractivity (Wildman–Crippen MR) is 275 cm³/mol. The summed E-state index contributed by atoms with van der Waals surface area (Å²) in [6.07, 6.45) is 0. The van der Waals surface area contributed by atoms with Gasteiger partial charge in [0.2, 0.25) is 0 Å². The summed E-state index contributed by atoms with van der Waals surface area (Å²) in [5.41, 5.74) is 18.9. The molecular formula is C61H60N2O. The minimum atomic E-state index is -0.121. The van der Waals surface area contributed by atoms with Crippen LogP contribution in [0.4, 0.5) is 0 Å². The van der Waals surface area contributed by atoms with Crippen LogP contribution < -0.4 is 0 Å². The SMILES string of the molecule is Cc1cc(C(C)(C)C)cc(C)c1-c1ccc(-c2cc(C(C)C)c(-n3c(-c4ccc(C(C)(C)C)c5c4oc4cc6c(ccc7ccccc76)cc45)nc4ccccc43)c(C(C)C)c2)cc1. The molecule has 0 bridgehead atoms. The number of nitrogens with zero attached hydrogens (tertiary/aromatic N) is 2. The third-order valence-electron chi connectivity index (χ3n) is 13.6. The first-order valence-corrected chi connectivity index (χ1v) is 23.2. The summed E-state index contributed by atoms with van der Waals surface area (Å²) in [5, 5.41) is 7.18.